The van der Waals surface area contributed by atoms with Crippen LogP contribution in [-0.2, 0) is 0 Å². The van der Waals surface area contributed by atoms with Crippen molar-refractivity contribution in [2.45, 2.75) is 26.8 Å². The highest BCUT2D eigenvalue weighted by Gasteiger charge is 2.12. The van der Waals surface area contributed by atoms with Crippen LogP contribution in [0.5, 0.6) is 0 Å². The zero-order chi connectivity index (χ0) is 11.7. The molecule has 0 aliphatic rings. The molecule has 16 heavy (non-hydrogen) atoms. The first-order valence-corrected chi connectivity index (χ1v) is 6.74. The van der Waals surface area contributed by atoms with Gasteiger partial charge in [0.1, 0.15) is 5.00 Å². The quantitative estimate of drug-likeness (QED) is 0.879. The second-order valence-corrected chi connectivity index (χ2v) is 6.33. The summed E-state index contributed by atoms with van der Waals surface area (Å²) >= 11 is 3.31. The molecule has 2 aromatic rings. The van der Waals surface area contributed by atoms with Crippen molar-refractivity contribution in [2.24, 2.45) is 0 Å². The van der Waals surface area contributed by atoms with Crippen molar-refractivity contribution in [3.63, 3.8) is 0 Å². The monoisotopic (exact) mass is 253 g/mol. The van der Waals surface area contributed by atoms with Gasteiger partial charge in [-0.1, -0.05) is 11.3 Å². The van der Waals surface area contributed by atoms with Gasteiger partial charge in [0.15, 0.2) is 5.13 Å². The molecule has 2 rings (SSSR count). The number of hydrogen-bond donors (Lipinski definition) is 2. The first-order valence-electron chi connectivity index (χ1n) is 5.11. The predicted octanol–water partition coefficient (Wildman–Crippen LogP) is 3.58. The molecule has 3 nitrogen and oxygen atoms in total. The summed E-state index contributed by atoms with van der Waals surface area (Å²) in [5, 5.41) is 4.99. The standard InChI is InChI=1S/C11H15N3S2/c1-6-4-9(8(3)15-6)7(2)14-11-13-5-10(12)16-11/h4-5,7H,12H2,1-3H3,(H,13,14). The summed E-state index contributed by atoms with van der Waals surface area (Å²) < 4.78 is 0. The SMILES string of the molecule is Cc1cc(C(C)Nc2ncc(N)s2)c(C)s1. The molecule has 0 aromatic carbocycles. The van der Waals surface area contributed by atoms with Gasteiger partial charge in [-0.25, -0.2) is 4.98 Å². The average Bonchev–Trinajstić information content (AvgIpc) is 2.73. The average molecular weight is 253 g/mol. The second kappa shape index (κ2) is 4.43. The maximum Gasteiger partial charge on any atom is 0.185 e. The molecule has 0 aliphatic heterocycles. The minimum absolute atomic E-state index is 0.274. The number of thiophene rings is 1. The third-order valence-corrected chi connectivity index (χ3v) is 4.15. The fraction of sp³-hybridized carbons (Fsp3) is 0.364. The molecule has 0 saturated carbocycles. The number of nitrogens with one attached hydrogen (secondary N) is 1. The van der Waals surface area contributed by atoms with Gasteiger partial charge in [0, 0.05) is 9.75 Å². The number of aromatic nitrogens is 1. The Bertz CT molecular complexity index is 487. The van der Waals surface area contributed by atoms with Crippen LogP contribution in [0.4, 0.5) is 10.1 Å². The van der Waals surface area contributed by atoms with E-state index < -0.39 is 0 Å². The van der Waals surface area contributed by atoms with Crippen LogP contribution in [0.15, 0.2) is 12.3 Å². The second-order valence-electron chi connectivity index (χ2n) is 3.80. The van der Waals surface area contributed by atoms with Gasteiger partial charge in [-0.15, -0.1) is 11.3 Å². The Kier molecular flexibility index (Phi) is 3.16. The minimum atomic E-state index is 0.274. The summed E-state index contributed by atoms with van der Waals surface area (Å²) in [5.74, 6) is 0. The number of nitrogens with two attached hydrogens (primary N) is 1. The number of thiazole rings is 1. The number of aryl methyl sites for hydroxylation is 2. The Morgan fingerprint density at radius 1 is 1.38 bits per heavy atom. The van der Waals surface area contributed by atoms with Crippen LogP contribution in [0.3, 0.4) is 0 Å². The van der Waals surface area contributed by atoms with E-state index in [1.807, 2.05) is 11.3 Å². The number of anilines is 2. The van der Waals surface area contributed by atoms with E-state index >= 15 is 0 Å². The van der Waals surface area contributed by atoms with Gasteiger partial charge in [-0.2, -0.15) is 0 Å². The van der Waals surface area contributed by atoms with Crippen molar-refractivity contribution >= 4 is 32.8 Å². The molecule has 2 heterocycles. The van der Waals surface area contributed by atoms with Crippen molar-refractivity contribution in [1.29, 1.82) is 0 Å². The molecule has 3 N–H and O–H groups in total. The van der Waals surface area contributed by atoms with Crippen LogP contribution in [0.25, 0.3) is 0 Å². The highest BCUT2D eigenvalue weighted by Crippen LogP contribution is 2.30. The highest BCUT2D eigenvalue weighted by molar-refractivity contribution is 7.19. The lowest BCUT2D eigenvalue weighted by molar-refractivity contribution is 0.879. The van der Waals surface area contributed by atoms with Crippen molar-refractivity contribution in [2.75, 3.05) is 11.1 Å². The van der Waals surface area contributed by atoms with Gasteiger partial charge in [-0.3, -0.25) is 0 Å². The van der Waals surface area contributed by atoms with Crippen LogP contribution >= 0.6 is 22.7 Å². The van der Waals surface area contributed by atoms with Crippen LogP contribution in [0.2, 0.25) is 0 Å². The number of nitrogen functional groups attached to an aromatic ring is 1. The van der Waals surface area contributed by atoms with E-state index in [0.717, 1.165) is 10.1 Å². The number of rotatable bonds is 3. The van der Waals surface area contributed by atoms with Gasteiger partial charge in [0.25, 0.3) is 0 Å². The predicted molar refractivity (Wildman–Crippen MR) is 72.4 cm³/mol. The van der Waals surface area contributed by atoms with E-state index in [4.69, 9.17) is 5.73 Å². The van der Waals surface area contributed by atoms with E-state index in [9.17, 15) is 0 Å². The van der Waals surface area contributed by atoms with Crippen LogP contribution in [0.1, 0.15) is 28.3 Å². The third-order valence-electron chi connectivity index (χ3n) is 2.41. The summed E-state index contributed by atoms with van der Waals surface area (Å²) in [5.41, 5.74) is 6.99. The molecule has 0 saturated heterocycles. The molecule has 86 valence electrons. The van der Waals surface area contributed by atoms with E-state index in [2.05, 4.69) is 37.1 Å². The van der Waals surface area contributed by atoms with E-state index in [1.165, 1.54) is 26.7 Å². The Labute approximate surface area is 103 Å². The maximum absolute atomic E-state index is 5.65. The van der Waals surface area contributed by atoms with E-state index in [-0.39, 0.29) is 6.04 Å². The smallest absolute Gasteiger partial charge is 0.185 e. The molecular formula is C11H15N3S2. The lowest BCUT2D eigenvalue weighted by Crippen LogP contribution is -2.06. The Morgan fingerprint density at radius 3 is 2.62 bits per heavy atom. The molecule has 0 aliphatic carbocycles. The Hall–Kier alpha value is -1.07. The zero-order valence-corrected chi connectivity index (χ0v) is 11.2. The number of hydrogen-bond acceptors (Lipinski definition) is 5. The molecule has 5 heteroatoms. The van der Waals surface area contributed by atoms with Crippen molar-refractivity contribution in [3.05, 3.63) is 27.6 Å². The molecule has 0 bridgehead atoms. The van der Waals surface area contributed by atoms with Crippen LogP contribution in [0, 0.1) is 13.8 Å². The Balaban J connectivity index is 2.14. The van der Waals surface area contributed by atoms with E-state index in [0.29, 0.717) is 0 Å². The summed E-state index contributed by atoms with van der Waals surface area (Å²) in [4.78, 5) is 6.91. The molecule has 1 atom stereocenters. The summed E-state index contributed by atoms with van der Waals surface area (Å²) in [7, 11) is 0. The maximum atomic E-state index is 5.65. The van der Waals surface area contributed by atoms with Gasteiger partial charge < -0.3 is 11.1 Å². The molecule has 1 unspecified atom stereocenters. The van der Waals surface area contributed by atoms with E-state index in [1.54, 1.807) is 6.20 Å². The zero-order valence-electron chi connectivity index (χ0n) is 9.57. The largest absolute Gasteiger partial charge is 0.389 e. The summed E-state index contributed by atoms with van der Waals surface area (Å²) in [6.07, 6.45) is 1.69. The minimum Gasteiger partial charge on any atom is -0.389 e. The lowest BCUT2D eigenvalue weighted by Gasteiger charge is -2.12. The van der Waals surface area contributed by atoms with Crippen molar-refractivity contribution in [3.8, 4) is 0 Å². The summed E-state index contributed by atoms with van der Waals surface area (Å²) in [6, 6.07) is 2.50. The van der Waals surface area contributed by atoms with Gasteiger partial charge in [-0.05, 0) is 32.4 Å². The Morgan fingerprint density at radius 2 is 2.12 bits per heavy atom. The normalized spacial score (nSPS) is 12.7. The van der Waals surface area contributed by atoms with Crippen molar-refractivity contribution in [1.82, 2.24) is 4.98 Å². The molecule has 0 spiro atoms. The first kappa shape index (κ1) is 11.4. The summed E-state index contributed by atoms with van der Waals surface area (Å²) in [6.45, 7) is 6.43. The van der Waals surface area contributed by atoms with Crippen LogP contribution in [-0.4, -0.2) is 4.98 Å². The molecule has 0 fully saturated rings. The van der Waals surface area contributed by atoms with Crippen molar-refractivity contribution < 1.29 is 0 Å². The van der Waals surface area contributed by atoms with Gasteiger partial charge in [0.2, 0.25) is 0 Å². The fourth-order valence-electron chi connectivity index (χ4n) is 1.70. The van der Waals surface area contributed by atoms with Crippen LogP contribution < -0.4 is 11.1 Å². The molecular weight excluding hydrogens is 238 g/mol. The molecule has 0 radical (unpaired) electrons. The fourth-order valence-corrected chi connectivity index (χ4v) is 3.39. The van der Waals surface area contributed by atoms with Gasteiger partial charge in [0.05, 0.1) is 12.2 Å². The first-order chi connectivity index (χ1) is 7.56. The lowest BCUT2D eigenvalue weighted by atomic mass is 10.1. The highest BCUT2D eigenvalue weighted by atomic mass is 32.1. The number of nitrogens with zero attached hydrogens (tertiary/aromatic N) is 1. The molecule has 2 aromatic heterocycles. The van der Waals surface area contributed by atoms with Gasteiger partial charge >= 0.3 is 0 Å². The molecule has 0 amide bonds. The topological polar surface area (TPSA) is 50.9 Å². The third kappa shape index (κ3) is 2.36.